The number of methoxy groups -OCH3 is 1. The van der Waals surface area contributed by atoms with E-state index in [1.165, 1.54) is 10.8 Å². The summed E-state index contributed by atoms with van der Waals surface area (Å²) in [5.74, 6) is 0.840. The highest BCUT2D eigenvalue weighted by Gasteiger charge is 2.12. The van der Waals surface area contributed by atoms with Crippen LogP contribution in [0.2, 0.25) is 10.0 Å². The summed E-state index contributed by atoms with van der Waals surface area (Å²) in [5.41, 5.74) is 1.83. The monoisotopic (exact) mass is 403 g/mol. The van der Waals surface area contributed by atoms with Gasteiger partial charge >= 0.3 is 0 Å². The Morgan fingerprint density at radius 2 is 2.07 bits per heavy atom. The first-order chi connectivity index (χ1) is 13.0. The van der Waals surface area contributed by atoms with Gasteiger partial charge in [0.05, 0.1) is 17.2 Å². The molecule has 0 radical (unpaired) electrons. The summed E-state index contributed by atoms with van der Waals surface area (Å²) in [7, 11) is 1.55. The third kappa shape index (κ3) is 4.27. The van der Waals surface area contributed by atoms with E-state index in [4.69, 9.17) is 27.9 Å². The minimum Gasteiger partial charge on any atom is -0.494 e. The van der Waals surface area contributed by atoms with Crippen molar-refractivity contribution in [3.63, 3.8) is 0 Å². The van der Waals surface area contributed by atoms with E-state index < -0.39 is 0 Å². The van der Waals surface area contributed by atoms with Crippen LogP contribution in [-0.2, 0) is 4.79 Å². The Morgan fingerprint density at radius 3 is 2.78 bits per heavy atom. The molecule has 0 saturated carbocycles. The number of ether oxygens (including phenoxy) is 1. The van der Waals surface area contributed by atoms with Crippen molar-refractivity contribution >= 4 is 40.9 Å². The first-order valence-corrected chi connectivity index (χ1v) is 8.61. The lowest BCUT2D eigenvalue weighted by Crippen LogP contribution is -2.09. The highest BCUT2D eigenvalue weighted by molar-refractivity contribution is 6.42. The average molecular weight is 404 g/mol. The molecule has 0 saturated heterocycles. The summed E-state index contributed by atoms with van der Waals surface area (Å²) < 4.78 is 6.87. The third-order valence-electron chi connectivity index (χ3n) is 3.70. The lowest BCUT2D eigenvalue weighted by atomic mass is 10.2. The van der Waals surface area contributed by atoms with Crippen molar-refractivity contribution in [2.24, 2.45) is 0 Å². The van der Waals surface area contributed by atoms with Gasteiger partial charge in [-0.15, -0.1) is 5.10 Å². The second-order valence-electron chi connectivity index (χ2n) is 5.49. The molecule has 1 aromatic heterocycles. The molecular formula is C18H15Cl2N5O2. The summed E-state index contributed by atoms with van der Waals surface area (Å²) in [6, 6.07) is 10.4. The van der Waals surface area contributed by atoms with Crippen LogP contribution in [0.4, 0.5) is 5.69 Å². The van der Waals surface area contributed by atoms with Gasteiger partial charge in [0, 0.05) is 11.8 Å². The quantitative estimate of drug-likeness (QED) is 0.652. The molecule has 0 unspecified atom stereocenters. The van der Waals surface area contributed by atoms with Gasteiger partial charge in [0.1, 0.15) is 11.4 Å². The number of nitrogens with one attached hydrogen (secondary N) is 1. The molecule has 0 fully saturated rings. The van der Waals surface area contributed by atoms with E-state index in [1.54, 1.807) is 56.5 Å². The van der Waals surface area contributed by atoms with Gasteiger partial charge in [-0.25, -0.2) is 0 Å². The van der Waals surface area contributed by atoms with Crippen LogP contribution in [-0.4, -0.2) is 33.2 Å². The number of amides is 1. The Hall–Kier alpha value is -2.90. The van der Waals surface area contributed by atoms with E-state index in [1.807, 2.05) is 0 Å². The Morgan fingerprint density at radius 1 is 1.26 bits per heavy atom. The molecular weight excluding hydrogens is 389 g/mol. The zero-order chi connectivity index (χ0) is 19.4. The second kappa shape index (κ2) is 8.20. The van der Waals surface area contributed by atoms with Gasteiger partial charge in [-0.3, -0.25) is 4.79 Å². The number of halogens is 2. The van der Waals surface area contributed by atoms with Crippen molar-refractivity contribution in [1.82, 2.24) is 20.2 Å². The molecule has 138 valence electrons. The molecule has 1 amide bonds. The van der Waals surface area contributed by atoms with Gasteiger partial charge < -0.3 is 10.1 Å². The predicted octanol–water partition coefficient (Wildman–Crippen LogP) is 3.94. The highest BCUT2D eigenvalue weighted by Crippen LogP contribution is 2.27. The summed E-state index contributed by atoms with van der Waals surface area (Å²) in [4.78, 5) is 12.2. The molecule has 0 aliphatic heterocycles. The van der Waals surface area contributed by atoms with E-state index in [0.29, 0.717) is 38.6 Å². The first kappa shape index (κ1) is 18.9. The third-order valence-corrected chi connectivity index (χ3v) is 4.53. The van der Waals surface area contributed by atoms with Crippen LogP contribution in [0.15, 0.2) is 42.5 Å². The van der Waals surface area contributed by atoms with Crippen LogP contribution in [0.3, 0.4) is 0 Å². The van der Waals surface area contributed by atoms with Crippen LogP contribution >= 0.6 is 23.2 Å². The first-order valence-electron chi connectivity index (χ1n) is 7.86. The number of tetrazole rings is 1. The molecule has 0 spiro atoms. The zero-order valence-electron chi connectivity index (χ0n) is 14.5. The van der Waals surface area contributed by atoms with Gasteiger partial charge in [-0.2, -0.15) is 4.68 Å². The van der Waals surface area contributed by atoms with Gasteiger partial charge in [0.2, 0.25) is 5.91 Å². The molecule has 3 rings (SSSR count). The zero-order valence-corrected chi connectivity index (χ0v) is 16.0. The molecule has 0 aliphatic carbocycles. The minimum absolute atomic E-state index is 0.324. The number of hydrogen-bond donors (Lipinski definition) is 1. The summed E-state index contributed by atoms with van der Waals surface area (Å²) >= 11 is 12.1. The lowest BCUT2D eigenvalue weighted by molar-refractivity contribution is -0.111. The van der Waals surface area contributed by atoms with Gasteiger partial charge in [-0.1, -0.05) is 35.3 Å². The maximum absolute atomic E-state index is 12.2. The van der Waals surface area contributed by atoms with Crippen molar-refractivity contribution < 1.29 is 9.53 Å². The maximum Gasteiger partial charge on any atom is 0.248 e. The van der Waals surface area contributed by atoms with Crippen molar-refractivity contribution in [3.05, 3.63) is 63.9 Å². The van der Waals surface area contributed by atoms with Crippen LogP contribution in [0.5, 0.6) is 5.75 Å². The van der Waals surface area contributed by atoms with Crippen LogP contribution in [0.1, 0.15) is 11.4 Å². The van der Waals surface area contributed by atoms with Crippen molar-refractivity contribution in [2.75, 3.05) is 12.4 Å². The fourth-order valence-corrected chi connectivity index (χ4v) is 2.76. The average Bonchev–Trinajstić information content (AvgIpc) is 3.08. The normalized spacial score (nSPS) is 11.0. The van der Waals surface area contributed by atoms with Crippen molar-refractivity contribution in [3.8, 4) is 11.4 Å². The summed E-state index contributed by atoms with van der Waals surface area (Å²) in [6.45, 7) is 1.77. The minimum atomic E-state index is -0.324. The Bertz CT molecular complexity index is 1020. The number of carbonyl (C=O) groups is 1. The number of carbonyl (C=O) groups excluding carboxylic acids is 1. The van der Waals surface area contributed by atoms with Crippen LogP contribution in [0, 0.1) is 6.92 Å². The van der Waals surface area contributed by atoms with Crippen molar-refractivity contribution in [1.29, 1.82) is 0 Å². The SMILES string of the molecule is COc1ccc(NC(=O)/C=C/c2cccc(Cl)c2Cl)cc1-n1nnnc1C. The van der Waals surface area contributed by atoms with E-state index in [-0.39, 0.29) is 5.91 Å². The number of hydrogen-bond acceptors (Lipinski definition) is 5. The Labute approximate surface area is 165 Å². The molecule has 0 bridgehead atoms. The van der Waals surface area contributed by atoms with Gasteiger partial charge in [0.15, 0.2) is 5.82 Å². The standard InChI is InChI=1S/C18H15Cl2N5O2/c1-11-22-23-24-25(11)15-10-13(7-8-16(15)27-2)21-17(26)9-6-12-4-3-5-14(19)18(12)20/h3-10H,1-2H3,(H,21,26)/b9-6+. The molecule has 1 heterocycles. The fourth-order valence-electron chi connectivity index (χ4n) is 2.39. The van der Waals surface area contributed by atoms with E-state index in [9.17, 15) is 4.79 Å². The number of benzene rings is 2. The summed E-state index contributed by atoms with van der Waals surface area (Å²) in [6.07, 6.45) is 2.98. The number of rotatable bonds is 5. The molecule has 1 N–H and O–H groups in total. The predicted molar refractivity (Wildman–Crippen MR) is 105 cm³/mol. The van der Waals surface area contributed by atoms with Crippen LogP contribution < -0.4 is 10.1 Å². The molecule has 0 aliphatic rings. The van der Waals surface area contributed by atoms with E-state index in [0.717, 1.165) is 0 Å². The summed E-state index contributed by atoms with van der Waals surface area (Å²) in [5, 5.41) is 15.0. The molecule has 3 aromatic rings. The molecule has 9 heteroatoms. The topological polar surface area (TPSA) is 81.9 Å². The number of aromatic nitrogens is 4. The Kier molecular flexibility index (Phi) is 5.73. The molecule has 7 nitrogen and oxygen atoms in total. The Balaban J connectivity index is 1.81. The number of aryl methyl sites for hydroxylation is 1. The van der Waals surface area contributed by atoms with Gasteiger partial charge in [-0.05, 0) is 53.3 Å². The smallest absolute Gasteiger partial charge is 0.248 e. The van der Waals surface area contributed by atoms with Crippen LogP contribution in [0.25, 0.3) is 11.8 Å². The van der Waals surface area contributed by atoms with Crippen molar-refractivity contribution in [2.45, 2.75) is 6.92 Å². The number of nitrogens with zero attached hydrogens (tertiary/aromatic N) is 4. The molecule has 0 atom stereocenters. The van der Waals surface area contributed by atoms with Gasteiger partial charge in [0.25, 0.3) is 0 Å². The highest BCUT2D eigenvalue weighted by atomic mass is 35.5. The molecule has 27 heavy (non-hydrogen) atoms. The lowest BCUT2D eigenvalue weighted by Gasteiger charge is -2.11. The van der Waals surface area contributed by atoms with E-state index >= 15 is 0 Å². The maximum atomic E-state index is 12.2. The molecule has 2 aromatic carbocycles. The largest absolute Gasteiger partial charge is 0.494 e. The second-order valence-corrected chi connectivity index (χ2v) is 6.28. The number of anilines is 1. The van der Waals surface area contributed by atoms with E-state index in [2.05, 4.69) is 20.8 Å². The fraction of sp³-hybridized carbons (Fsp3) is 0.111.